The summed E-state index contributed by atoms with van der Waals surface area (Å²) >= 11 is 0. The fraction of sp³-hybridized carbons (Fsp3) is 0.385. The van der Waals surface area contributed by atoms with Gasteiger partial charge in [-0.15, -0.1) is 5.10 Å². The van der Waals surface area contributed by atoms with Gasteiger partial charge in [0.05, 0.1) is 24.6 Å². The first kappa shape index (κ1) is 13.6. The maximum Gasteiger partial charge on any atom is 0.276 e. The Hall–Kier alpha value is -3.04. The van der Waals surface area contributed by atoms with Crippen LogP contribution in [0, 0.1) is 6.92 Å². The Balaban J connectivity index is 1.36. The minimum absolute atomic E-state index is 0.124. The smallest absolute Gasteiger partial charge is 0.276 e. The summed E-state index contributed by atoms with van der Waals surface area (Å²) in [7, 11) is 0. The molecule has 10 heteroatoms. The number of aromatic nitrogens is 7. The molecule has 4 heterocycles. The van der Waals surface area contributed by atoms with Gasteiger partial charge >= 0.3 is 0 Å². The molecule has 3 aromatic rings. The third-order valence-corrected chi connectivity index (χ3v) is 3.70. The van der Waals surface area contributed by atoms with Crippen molar-refractivity contribution >= 4 is 5.91 Å². The van der Waals surface area contributed by atoms with Gasteiger partial charge in [0.15, 0.2) is 5.69 Å². The molecule has 10 nitrogen and oxygen atoms in total. The van der Waals surface area contributed by atoms with E-state index in [1.807, 2.05) is 6.20 Å². The molecule has 118 valence electrons. The van der Waals surface area contributed by atoms with E-state index in [-0.39, 0.29) is 11.9 Å². The van der Waals surface area contributed by atoms with E-state index in [1.54, 1.807) is 35.0 Å². The van der Waals surface area contributed by atoms with Crippen molar-refractivity contribution in [2.75, 3.05) is 13.1 Å². The lowest BCUT2D eigenvalue weighted by Gasteiger charge is -2.38. The molecule has 0 unspecified atom stereocenters. The molecule has 0 atom stereocenters. The standard InChI is InChI=1S/C13H14N8O2/c1-9-4-12(17-23-9)13(22)19-7-11(8-19)20-5-10(16-18-20)6-21-14-2-3-15-21/h2-5,11H,6-8H2,1H3. The Morgan fingerprint density at radius 1 is 1.35 bits per heavy atom. The number of carbonyl (C=O) groups is 1. The van der Waals surface area contributed by atoms with Gasteiger partial charge in [-0.3, -0.25) is 4.79 Å². The molecule has 1 aliphatic rings. The van der Waals surface area contributed by atoms with Crippen molar-refractivity contribution in [3.63, 3.8) is 0 Å². The zero-order chi connectivity index (χ0) is 15.8. The molecule has 0 spiro atoms. The van der Waals surface area contributed by atoms with Crippen LogP contribution in [0.25, 0.3) is 0 Å². The summed E-state index contributed by atoms with van der Waals surface area (Å²) in [6, 6.07) is 1.76. The number of carbonyl (C=O) groups excluding carboxylic acids is 1. The lowest BCUT2D eigenvalue weighted by Crippen LogP contribution is -2.51. The minimum atomic E-state index is -0.126. The monoisotopic (exact) mass is 314 g/mol. The number of amides is 1. The van der Waals surface area contributed by atoms with Crippen LogP contribution in [0.2, 0.25) is 0 Å². The lowest BCUT2D eigenvalue weighted by atomic mass is 10.1. The van der Waals surface area contributed by atoms with Gasteiger partial charge in [0.25, 0.3) is 5.91 Å². The molecular formula is C13H14N8O2. The van der Waals surface area contributed by atoms with E-state index >= 15 is 0 Å². The lowest BCUT2D eigenvalue weighted by molar-refractivity contribution is 0.0488. The van der Waals surface area contributed by atoms with Crippen LogP contribution >= 0.6 is 0 Å². The molecule has 0 saturated carbocycles. The maximum absolute atomic E-state index is 12.2. The summed E-state index contributed by atoms with van der Waals surface area (Å²) in [5.41, 5.74) is 1.11. The van der Waals surface area contributed by atoms with E-state index in [0.29, 0.717) is 31.1 Å². The molecule has 0 N–H and O–H groups in total. The molecule has 1 saturated heterocycles. The number of aryl methyl sites for hydroxylation is 1. The van der Waals surface area contributed by atoms with Gasteiger partial charge in [-0.25, -0.2) is 4.68 Å². The summed E-state index contributed by atoms with van der Waals surface area (Å²) in [6.07, 6.45) is 5.09. The first-order chi connectivity index (χ1) is 11.2. The van der Waals surface area contributed by atoms with Gasteiger partial charge in [-0.05, 0) is 6.92 Å². The Kier molecular flexibility index (Phi) is 3.14. The van der Waals surface area contributed by atoms with Crippen molar-refractivity contribution in [3.8, 4) is 0 Å². The van der Waals surface area contributed by atoms with Gasteiger partial charge in [-0.2, -0.15) is 15.0 Å². The van der Waals surface area contributed by atoms with Crippen LogP contribution in [0.15, 0.2) is 29.2 Å². The second-order valence-electron chi connectivity index (χ2n) is 5.44. The number of rotatable bonds is 4. The highest BCUT2D eigenvalue weighted by Crippen LogP contribution is 2.22. The topological polar surface area (TPSA) is 108 Å². The minimum Gasteiger partial charge on any atom is -0.361 e. The average Bonchev–Trinajstić information content (AvgIpc) is 3.20. The van der Waals surface area contributed by atoms with Crippen LogP contribution in [0.4, 0.5) is 0 Å². The fourth-order valence-corrected chi connectivity index (χ4v) is 2.45. The molecule has 4 rings (SSSR count). The third-order valence-electron chi connectivity index (χ3n) is 3.70. The van der Waals surface area contributed by atoms with E-state index in [2.05, 4.69) is 25.7 Å². The summed E-state index contributed by atoms with van der Waals surface area (Å²) in [5.74, 6) is 0.498. The predicted octanol–water partition coefficient (Wildman–Crippen LogP) is -0.0886. The van der Waals surface area contributed by atoms with Gasteiger partial charge in [0.1, 0.15) is 18.0 Å². The molecule has 1 amide bonds. The summed E-state index contributed by atoms with van der Waals surface area (Å²) in [6.45, 7) is 3.38. The Bertz CT molecular complexity index is 815. The van der Waals surface area contributed by atoms with Gasteiger partial charge in [0, 0.05) is 19.2 Å². The van der Waals surface area contributed by atoms with Crippen LogP contribution in [0.3, 0.4) is 0 Å². The Labute approximate surface area is 130 Å². The molecule has 0 aliphatic carbocycles. The number of hydrogen-bond donors (Lipinski definition) is 0. The highest BCUT2D eigenvalue weighted by atomic mass is 16.5. The SMILES string of the molecule is Cc1cc(C(=O)N2CC(n3cc(Cn4nccn4)nn3)C2)no1. The molecular weight excluding hydrogens is 300 g/mol. The van der Waals surface area contributed by atoms with Crippen molar-refractivity contribution < 1.29 is 9.32 Å². The normalized spacial score (nSPS) is 14.9. The highest BCUT2D eigenvalue weighted by Gasteiger charge is 2.34. The second-order valence-corrected chi connectivity index (χ2v) is 5.44. The van der Waals surface area contributed by atoms with E-state index < -0.39 is 0 Å². The zero-order valence-electron chi connectivity index (χ0n) is 12.4. The van der Waals surface area contributed by atoms with Crippen LogP contribution in [-0.4, -0.2) is 59.0 Å². The van der Waals surface area contributed by atoms with Crippen molar-refractivity contribution in [3.05, 3.63) is 41.8 Å². The first-order valence-corrected chi connectivity index (χ1v) is 7.16. The number of likely N-dealkylation sites (tertiary alicyclic amines) is 1. The van der Waals surface area contributed by atoms with Crippen molar-refractivity contribution in [2.24, 2.45) is 0 Å². The van der Waals surface area contributed by atoms with E-state index in [9.17, 15) is 4.79 Å². The summed E-state index contributed by atoms with van der Waals surface area (Å²) in [4.78, 5) is 15.4. The Morgan fingerprint density at radius 2 is 2.13 bits per heavy atom. The zero-order valence-corrected chi connectivity index (χ0v) is 12.4. The molecule has 23 heavy (non-hydrogen) atoms. The Morgan fingerprint density at radius 3 is 2.83 bits per heavy atom. The van der Waals surface area contributed by atoms with Crippen LogP contribution in [-0.2, 0) is 6.54 Å². The quantitative estimate of drug-likeness (QED) is 0.662. The average molecular weight is 314 g/mol. The molecule has 1 aliphatic heterocycles. The molecule has 3 aromatic heterocycles. The first-order valence-electron chi connectivity index (χ1n) is 7.16. The summed E-state index contributed by atoms with van der Waals surface area (Å²) < 4.78 is 6.70. The number of hydrogen-bond acceptors (Lipinski definition) is 7. The number of nitrogens with zero attached hydrogens (tertiary/aromatic N) is 8. The van der Waals surface area contributed by atoms with E-state index in [1.165, 1.54) is 4.80 Å². The molecule has 0 bridgehead atoms. The molecule has 1 fully saturated rings. The summed E-state index contributed by atoms with van der Waals surface area (Å²) in [5, 5.41) is 20.0. The maximum atomic E-state index is 12.2. The van der Waals surface area contributed by atoms with Gasteiger partial charge in [-0.1, -0.05) is 10.4 Å². The second kappa shape index (κ2) is 5.30. The predicted molar refractivity (Wildman–Crippen MR) is 75.3 cm³/mol. The van der Waals surface area contributed by atoms with Crippen LogP contribution in [0.1, 0.15) is 28.0 Å². The van der Waals surface area contributed by atoms with E-state index in [4.69, 9.17) is 4.52 Å². The molecule has 0 radical (unpaired) electrons. The van der Waals surface area contributed by atoms with Crippen molar-refractivity contribution in [1.82, 2.24) is 40.0 Å². The van der Waals surface area contributed by atoms with Crippen molar-refractivity contribution in [1.29, 1.82) is 0 Å². The van der Waals surface area contributed by atoms with E-state index in [0.717, 1.165) is 5.69 Å². The largest absolute Gasteiger partial charge is 0.361 e. The van der Waals surface area contributed by atoms with Crippen LogP contribution in [0.5, 0.6) is 0 Å². The molecule has 0 aromatic carbocycles. The van der Waals surface area contributed by atoms with Crippen molar-refractivity contribution in [2.45, 2.75) is 19.5 Å². The fourth-order valence-electron chi connectivity index (χ4n) is 2.45. The van der Waals surface area contributed by atoms with Crippen LogP contribution < -0.4 is 0 Å². The highest BCUT2D eigenvalue weighted by molar-refractivity contribution is 5.92. The van der Waals surface area contributed by atoms with Gasteiger partial charge < -0.3 is 9.42 Å². The van der Waals surface area contributed by atoms with Gasteiger partial charge in [0.2, 0.25) is 0 Å². The third kappa shape index (κ3) is 2.58.